The number of hydrogen-bond donors (Lipinski definition) is 1. The molecule has 0 aliphatic carbocycles. The van der Waals surface area contributed by atoms with Crippen molar-refractivity contribution in [2.45, 2.75) is 30.8 Å². The molecule has 0 bridgehead atoms. The van der Waals surface area contributed by atoms with Gasteiger partial charge in [-0.3, -0.25) is 0 Å². The van der Waals surface area contributed by atoms with Crippen LogP contribution in [-0.2, 0) is 0 Å². The van der Waals surface area contributed by atoms with Gasteiger partial charge in [0.1, 0.15) is 0 Å². The van der Waals surface area contributed by atoms with Crippen molar-refractivity contribution >= 4 is 27.7 Å². The van der Waals surface area contributed by atoms with Crippen LogP contribution >= 0.6 is 27.7 Å². The van der Waals surface area contributed by atoms with Crippen LogP contribution in [0.5, 0.6) is 0 Å². The van der Waals surface area contributed by atoms with E-state index in [4.69, 9.17) is 0 Å². The van der Waals surface area contributed by atoms with E-state index in [1.54, 1.807) is 0 Å². The maximum Gasteiger partial charge on any atom is 0.0428 e. The Bertz CT molecular complexity index is 338. The molecule has 2 rings (SSSR count). The maximum atomic E-state index is 3.59. The second-order valence-corrected chi connectivity index (χ2v) is 5.73. The highest BCUT2D eigenvalue weighted by Gasteiger charge is 2.24. The lowest BCUT2D eigenvalue weighted by Crippen LogP contribution is -2.27. The van der Waals surface area contributed by atoms with Crippen molar-refractivity contribution in [2.24, 2.45) is 0 Å². The van der Waals surface area contributed by atoms with Crippen molar-refractivity contribution in [3.8, 4) is 0 Å². The van der Waals surface area contributed by atoms with E-state index in [9.17, 15) is 0 Å². The summed E-state index contributed by atoms with van der Waals surface area (Å²) in [5, 5.41) is 3.58. The van der Waals surface area contributed by atoms with Crippen molar-refractivity contribution in [3.63, 3.8) is 0 Å². The molecule has 1 heterocycles. The molecular weight excluding hydrogens is 258 g/mol. The number of fused-ring (bicyclic) bond motifs is 1. The van der Waals surface area contributed by atoms with Gasteiger partial charge in [0.2, 0.25) is 0 Å². The zero-order valence-corrected chi connectivity index (χ0v) is 10.8. The third kappa shape index (κ3) is 2.00. The molecule has 1 unspecified atom stereocenters. The minimum absolute atomic E-state index is 0.521. The van der Waals surface area contributed by atoms with Crippen molar-refractivity contribution in [2.75, 3.05) is 5.75 Å². The maximum absolute atomic E-state index is 3.59. The molecule has 1 aliphatic rings. The average molecular weight is 272 g/mol. The molecule has 1 aliphatic heterocycles. The predicted molar refractivity (Wildman–Crippen MR) is 65.9 cm³/mol. The fraction of sp³-hybridized carbons (Fsp3) is 0.455. The molecule has 0 fully saturated rings. The Labute approximate surface area is 97.8 Å². The number of rotatable bonds is 2. The van der Waals surface area contributed by atoms with Crippen LogP contribution in [0.25, 0.3) is 0 Å². The Hall–Kier alpha value is 0.0100. The summed E-state index contributed by atoms with van der Waals surface area (Å²) in [5.74, 6) is 1.15. The van der Waals surface area contributed by atoms with Crippen LogP contribution < -0.4 is 5.32 Å². The van der Waals surface area contributed by atoms with Crippen LogP contribution in [0.15, 0.2) is 27.6 Å². The molecule has 0 aromatic heterocycles. The normalized spacial score (nSPS) is 20.1. The molecule has 3 heteroatoms. The summed E-state index contributed by atoms with van der Waals surface area (Å²) in [6, 6.07) is 7.52. The van der Waals surface area contributed by atoms with Crippen molar-refractivity contribution < 1.29 is 0 Å². The van der Waals surface area contributed by atoms with Crippen molar-refractivity contribution in [3.05, 3.63) is 28.2 Å². The Morgan fingerprint density at radius 2 is 2.29 bits per heavy atom. The Morgan fingerprint density at radius 3 is 3.00 bits per heavy atom. The Kier molecular flexibility index (Phi) is 3.20. The lowest BCUT2D eigenvalue weighted by atomic mass is 10.1. The van der Waals surface area contributed by atoms with Crippen LogP contribution in [0.2, 0.25) is 0 Å². The van der Waals surface area contributed by atoms with Gasteiger partial charge in [-0.05, 0) is 27.6 Å². The quantitative estimate of drug-likeness (QED) is 0.883. The van der Waals surface area contributed by atoms with Gasteiger partial charge < -0.3 is 5.32 Å². The Balaban J connectivity index is 2.26. The molecular formula is C11H14BrNS. The summed E-state index contributed by atoms with van der Waals surface area (Å²) >= 11 is 5.53. The summed E-state index contributed by atoms with van der Waals surface area (Å²) < 4.78 is 1.23. The first kappa shape index (κ1) is 10.5. The van der Waals surface area contributed by atoms with E-state index in [2.05, 4.69) is 53.3 Å². The second-order valence-electron chi connectivity index (χ2n) is 3.84. The second kappa shape index (κ2) is 4.25. The third-order valence-electron chi connectivity index (χ3n) is 2.30. The standard InChI is InChI=1S/C11H14BrNS/c1-7(2)13-10-6-14-11-8(10)4-3-5-9(11)12/h3-5,7,10,13H,6H2,1-2H3. The number of halogens is 1. The topological polar surface area (TPSA) is 12.0 Å². The molecule has 1 aromatic rings. The third-order valence-corrected chi connectivity index (χ3v) is 4.47. The molecule has 14 heavy (non-hydrogen) atoms. The van der Waals surface area contributed by atoms with Crippen molar-refractivity contribution in [1.82, 2.24) is 5.32 Å². The van der Waals surface area contributed by atoms with Crippen LogP contribution in [0.3, 0.4) is 0 Å². The molecule has 1 aromatic carbocycles. The van der Waals surface area contributed by atoms with Crippen LogP contribution in [0, 0.1) is 0 Å². The lowest BCUT2D eigenvalue weighted by Gasteiger charge is -2.16. The molecule has 76 valence electrons. The highest BCUT2D eigenvalue weighted by molar-refractivity contribution is 9.10. The average Bonchev–Trinajstić information content (AvgIpc) is 2.49. The predicted octanol–water partition coefficient (Wildman–Crippen LogP) is 3.59. The van der Waals surface area contributed by atoms with E-state index in [0.29, 0.717) is 12.1 Å². The van der Waals surface area contributed by atoms with Gasteiger partial charge in [0.05, 0.1) is 0 Å². The summed E-state index contributed by atoms with van der Waals surface area (Å²) in [7, 11) is 0. The number of benzene rings is 1. The van der Waals surface area contributed by atoms with Gasteiger partial charge in [-0.15, -0.1) is 11.8 Å². The van der Waals surface area contributed by atoms with E-state index in [1.165, 1.54) is 14.9 Å². The minimum atomic E-state index is 0.521. The molecule has 1 N–H and O–H groups in total. The monoisotopic (exact) mass is 271 g/mol. The lowest BCUT2D eigenvalue weighted by molar-refractivity contribution is 0.513. The van der Waals surface area contributed by atoms with Gasteiger partial charge in [-0.25, -0.2) is 0 Å². The molecule has 0 radical (unpaired) electrons. The zero-order valence-electron chi connectivity index (χ0n) is 8.38. The number of thioether (sulfide) groups is 1. The number of nitrogens with one attached hydrogen (secondary N) is 1. The molecule has 0 saturated carbocycles. The van der Waals surface area contributed by atoms with E-state index in [0.717, 1.165) is 5.75 Å². The summed E-state index contributed by atoms with van der Waals surface area (Å²) in [6.07, 6.45) is 0. The fourth-order valence-corrected chi connectivity index (χ4v) is 3.67. The molecule has 0 amide bonds. The Morgan fingerprint density at radius 1 is 1.50 bits per heavy atom. The summed E-state index contributed by atoms with van der Waals surface area (Å²) in [5.41, 5.74) is 1.44. The molecule has 0 saturated heterocycles. The van der Waals surface area contributed by atoms with Gasteiger partial charge >= 0.3 is 0 Å². The first-order valence-corrected chi connectivity index (χ1v) is 6.63. The fourth-order valence-electron chi connectivity index (χ4n) is 1.75. The van der Waals surface area contributed by atoms with Crippen LogP contribution in [0.1, 0.15) is 25.5 Å². The van der Waals surface area contributed by atoms with Crippen LogP contribution in [-0.4, -0.2) is 11.8 Å². The first-order valence-electron chi connectivity index (χ1n) is 4.85. The molecule has 1 atom stereocenters. The highest BCUT2D eigenvalue weighted by atomic mass is 79.9. The van der Waals surface area contributed by atoms with E-state index in [1.807, 2.05) is 11.8 Å². The van der Waals surface area contributed by atoms with Crippen molar-refractivity contribution in [1.29, 1.82) is 0 Å². The summed E-state index contributed by atoms with van der Waals surface area (Å²) in [6.45, 7) is 4.39. The molecule has 1 nitrogen and oxygen atoms in total. The van der Waals surface area contributed by atoms with Gasteiger partial charge in [0, 0.05) is 27.2 Å². The first-order chi connectivity index (χ1) is 6.68. The smallest absolute Gasteiger partial charge is 0.0428 e. The SMILES string of the molecule is CC(C)NC1CSc2c(Br)cccc21. The van der Waals surface area contributed by atoms with E-state index in [-0.39, 0.29) is 0 Å². The zero-order chi connectivity index (χ0) is 10.1. The molecule has 0 spiro atoms. The van der Waals surface area contributed by atoms with E-state index < -0.39 is 0 Å². The van der Waals surface area contributed by atoms with Gasteiger partial charge in [0.25, 0.3) is 0 Å². The summed E-state index contributed by atoms with van der Waals surface area (Å²) in [4.78, 5) is 1.41. The largest absolute Gasteiger partial charge is 0.307 e. The van der Waals surface area contributed by atoms with Crippen LogP contribution in [0.4, 0.5) is 0 Å². The van der Waals surface area contributed by atoms with E-state index >= 15 is 0 Å². The minimum Gasteiger partial charge on any atom is -0.307 e. The van der Waals surface area contributed by atoms with Gasteiger partial charge in [0.15, 0.2) is 0 Å². The highest BCUT2D eigenvalue weighted by Crippen LogP contribution is 2.42. The number of hydrogen-bond acceptors (Lipinski definition) is 2. The van der Waals surface area contributed by atoms with Gasteiger partial charge in [-0.1, -0.05) is 26.0 Å². The van der Waals surface area contributed by atoms with Gasteiger partial charge in [-0.2, -0.15) is 0 Å².